The van der Waals surface area contributed by atoms with Gasteiger partial charge >= 0.3 is 5.69 Å². The van der Waals surface area contributed by atoms with E-state index in [0.717, 1.165) is 16.7 Å². The molecule has 0 aliphatic rings. The number of rotatable bonds is 10. The maximum Gasteiger partial charge on any atom is 0.310 e. The summed E-state index contributed by atoms with van der Waals surface area (Å²) in [5.41, 5.74) is 2.49. The standard InChI is InChI=1S/C22H21N3O5/c1-2-28-22-13-19(6-7-21(22)25(26)27)16-30-24-14-18-4-3-5-20(12-18)29-15-17-8-10-23-11-9-17/h3-14H,2,15-16H2,1H3/b24-14+. The van der Waals surface area contributed by atoms with Crippen LogP contribution in [-0.2, 0) is 18.1 Å². The molecule has 3 rings (SSSR count). The Balaban J connectivity index is 1.55. The predicted octanol–water partition coefficient (Wildman–Crippen LogP) is 4.52. The summed E-state index contributed by atoms with van der Waals surface area (Å²) in [4.78, 5) is 19.9. The van der Waals surface area contributed by atoms with Gasteiger partial charge in [0.05, 0.1) is 17.7 Å². The lowest BCUT2D eigenvalue weighted by molar-refractivity contribution is -0.385. The molecule has 1 aromatic heterocycles. The highest BCUT2D eigenvalue weighted by molar-refractivity contribution is 5.79. The molecule has 0 amide bonds. The minimum atomic E-state index is -0.475. The normalized spacial score (nSPS) is 10.7. The highest BCUT2D eigenvalue weighted by Crippen LogP contribution is 2.28. The Morgan fingerprint density at radius 2 is 1.87 bits per heavy atom. The summed E-state index contributed by atoms with van der Waals surface area (Å²) >= 11 is 0. The van der Waals surface area contributed by atoms with Crippen molar-refractivity contribution < 1.29 is 19.2 Å². The first-order valence-corrected chi connectivity index (χ1v) is 9.33. The van der Waals surface area contributed by atoms with Crippen molar-refractivity contribution in [2.24, 2.45) is 5.16 Å². The monoisotopic (exact) mass is 407 g/mol. The fourth-order valence-electron chi connectivity index (χ4n) is 2.61. The van der Waals surface area contributed by atoms with Crippen molar-refractivity contribution in [3.63, 3.8) is 0 Å². The van der Waals surface area contributed by atoms with Crippen LogP contribution in [0, 0.1) is 10.1 Å². The molecule has 1 heterocycles. The zero-order chi connectivity index (χ0) is 21.2. The first kappa shape index (κ1) is 20.8. The summed E-state index contributed by atoms with van der Waals surface area (Å²) in [7, 11) is 0. The average Bonchev–Trinajstić information content (AvgIpc) is 2.76. The lowest BCUT2D eigenvalue weighted by atomic mass is 10.2. The van der Waals surface area contributed by atoms with E-state index in [9.17, 15) is 10.1 Å². The van der Waals surface area contributed by atoms with E-state index in [4.69, 9.17) is 14.3 Å². The van der Waals surface area contributed by atoms with Crippen LogP contribution in [0.1, 0.15) is 23.6 Å². The van der Waals surface area contributed by atoms with Gasteiger partial charge in [-0.15, -0.1) is 0 Å². The molecule has 0 saturated heterocycles. The van der Waals surface area contributed by atoms with Crippen LogP contribution in [0.5, 0.6) is 11.5 Å². The van der Waals surface area contributed by atoms with Crippen molar-refractivity contribution in [1.82, 2.24) is 4.98 Å². The molecule has 0 aliphatic heterocycles. The minimum Gasteiger partial charge on any atom is -0.489 e. The zero-order valence-corrected chi connectivity index (χ0v) is 16.4. The Morgan fingerprint density at radius 1 is 1.03 bits per heavy atom. The molecule has 0 atom stereocenters. The zero-order valence-electron chi connectivity index (χ0n) is 16.4. The summed E-state index contributed by atoms with van der Waals surface area (Å²) in [6.07, 6.45) is 5.02. The number of benzene rings is 2. The lowest BCUT2D eigenvalue weighted by Crippen LogP contribution is -1.99. The summed E-state index contributed by atoms with van der Waals surface area (Å²) in [5, 5.41) is 15.0. The third-order valence-corrected chi connectivity index (χ3v) is 4.04. The molecule has 0 saturated carbocycles. The van der Waals surface area contributed by atoms with E-state index >= 15 is 0 Å². The third kappa shape index (κ3) is 6.03. The van der Waals surface area contributed by atoms with Gasteiger partial charge in [0, 0.05) is 18.5 Å². The maximum absolute atomic E-state index is 11.0. The second kappa shape index (κ2) is 10.6. The van der Waals surface area contributed by atoms with Gasteiger partial charge in [0.2, 0.25) is 0 Å². The van der Waals surface area contributed by atoms with E-state index in [2.05, 4.69) is 10.1 Å². The first-order chi connectivity index (χ1) is 14.7. The Labute approximate surface area is 173 Å². The van der Waals surface area contributed by atoms with Gasteiger partial charge in [-0.2, -0.15) is 0 Å². The topological polar surface area (TPSA) is 96.1 Å². The first-order valence-electron chi connectivity index (χ1n) is 9.33. The molecular formula is C22H21N3O5. The van der Waals surface area contributed by atoms with E-state index < -0.39 is 4.92 Å². The van der Waals surface area contributed by atoms with Crippen LogP contribution in [0.2, 0.25) is 0 Å². The van der Waals surface area contributed by atoms with Crippen molar-refractivity contribution in [3.05, 3.63) is 93.8 Å². The quantitative estimate of drug-likeness (QED) is 0.279. The second-order valence-corrected chi connectivity index (χ2v) is 6.22. The number of aromatic nitrogens is 1. The minimum absolute atomic E-state index is 0.0762. The highest BCUT2D eigenvalue weighted by Gasteiger charge is 2.15. The van der Waals surface area contributed by atoms with Crippen molar-refractivity contribution in [1.29, 1.82) is 0 Å². The number of nitro groups is 1. The van der Waals surface area contributed by atoms with Gasteiger partial charge < -0.3 is 14.3 Å². The van der Waals surface area contributed by atoms with E-state index in [0.29, 0.717) is 19.0 Å². The average molecular weight is 407 g/mol. The third-order valence-electron chi connectivity index (χ3n) is 4.04. The second-order valence-electron chi connectivity index (χ2n) is 6.22. The number of hydrogen-bond donors (Lipinski definition) is 0. The van der Waals surface area contributed by atoms with E-state index in [1.54, 1.807) is 37.7 Å². The summed E-state index contributed by atoms with van der Waals surface area (Å²) in [6.45, 7) is 2.71. The van der Waals surface area contributed by atoms with Crippen LogP contribution >= 0.6 is 0 Å². The van der Waals surface area contributed by atoms with E-state index in [-0.39, 0.29) is 18.0 Å². The SMILES string of the molecule is CCOc1cc(CO/N=C/c2cccc(OCc3ccncc3)c2)ccc1[N+](=O)[O-]. The molecule has 0 aliphatic carbocycles. The molecule has 3 aromatic rings. The molecule has 0 unspecified atom stereocenters. The van der Waals surface area contributed by atoms with Crippen LogP contribution < -0.4 is 9.47 Å². The van der Waals surface area contributed by atoms with E-state index in [1.807, 2.05) is 36.4 Å². The number of oxime groups is 1. The number of nitro benzene ring substituents is 1. The molecule has 0 spiro atoms. The summed E-state index contributed by atoms with van der Waals surface area (Å²) in [6, 6.07) is 15.9. The lowest BCUT2D eigenvalue weighted by Gasteiger charge is -2.07. The van der Waals surface area contributed by atoms with Crippen LogP contribution in [0.15, 0.2) is 72.1 Å². The van der Waals surface area contributed by atoms with Gasteiger partial charge in [-0.3, -0.25) is 15.1 Å². The fourth-order valence-corrected chi connectivity index (χ4v) is 2.61. The van der Waals surface area contributed by atoms with Gasteiger partial charge in [-0.25, -0.2) is 0 Å². The number of pyridine rings is 1. The molecule has 8 heteroatoms. The number of hydrogen-bond acceptors (Lipinski definition) is 7. The molecule has 154 valence electrons. The summed E-state index contributed by atoms with van der Waals surface area (Å²) in [5.74, 6) is 0.930. The van der Waals surface area contributed by atoms with Crippen LogP contribution in [-0.4, -0.2) is 22.7 Å². The van der Waals surface area contributed by atoms with Crippen molar-refractivity contribution >= 4 is 11.9 Å². The number of ether oxygens (including phenoxy) is 2. The van der Waals surface area contributed by atoms with Crippen LogP contribution in [0.25, 0.3) is 0 Å². The maximum atomic E-state index is 11.0. The molecular weight excluding hydrogens is 386 g/mol. The smallest absolute Gasteiger partial charge is 0.310 e. The Hall–Kier alpha value is -3.94. The molecule has 30 heavy (non-hydrogen) atoms. The molecule has 0 radical (unpaired) electrons. The Morgan fingerprint density at radius 3 is 2.63 bits per heavy atom. The van der Waals surface area contributed by atoms with E-state index in [1.165, 1.54) is 6.07 Å². The Kier molecular flexibility index (Phi) is 7.32. The van der Waals surface area contributed by atoms with Crippen LogP contribution in [0.4, 0.5) is 5.69 Å². The molecule has 0 bridgehead atoms. The Bertz CT molecular complexity index is 1010. The molecule has 0 fully saturated rings. The van der Waals surface area contributed by atoms with Gasteiger partial charge in [-0.1, -0.05) is 17.3 Å². The summed E-state index contributed by atoms with van der Waals surface area (Å²) < 4.78 is 11.1. The van der Waals surface area contributed by atoms with Crippen LogP contribution in [0.3, 0.4) is 0 Å². The van der Waals surface area contributed by atoms with Gasteiger partial charge in [0.1, 0.15) is 19.0 Å². The predicted molar refractivity (Wildman–Crippen MR) is 112 cm³/mol. The molecule has 0 N–H and O–H groups in total. The van der Waals surface area contributed by atoms with Crippen molar-refractivity contribution in [2.45, 2.75) is 20.1 Å². The fraction of sp³-hybridized carbons (Fsp3) is 0.182. The number of nitrogens with zero attached hydrogens (tertiary/aromatic N) is 3. The van der Waals surface area contributed by atoms with Gasteiger partial charge in [-0.05, 0) is 60.0 Å². The largest absolute Gasteiger partial charge is 0.489 e. The van der Waals surface area contributed by atoms with Gasteiger partial charge in [0.15, 0.2) is 5.75 Å². The van der Waals surface area contributed by atoms with Crippen molar-refractivity contribution in [2.75, 3.05) is 6.61 Å². The van der Waals surface area contributed by atoms with Crippen molar-refractivity contribution in [3.8, 4) is 11.5 Å². The molecule has 2 aromatic carbocycles. The highest BCUT2D eigenvalue weighted by atomic mass is 16.6. The van der Waals surface area contributed by atoms with Gasteiger partial charge in [0.25, 0.3) is 0 Å². The molecule has 8 nitrogen and oxygen atoms in total.